The van der Waals surface area contributed by atoms with Crippen molar-refractivity contribution in [2.24, 2.45) is 0 Å². The van der Waals surface area contributed by atoms with E-state index in [9.17, 15) is 4.79 Å². The van der Waals surface area contributed by atoms with Crippen LogP contribution in [0.1, 0.15) is 12.8 Å². The van der Waals surface area contributed by atoms with Crippen LogP contribution in [0.15, 0.2) is 0 Å². The molecule has 2 rings (SSSR count). The summed E-state index contributed by atoms with van der Waals surface area (Å²) in [4.78, 5) is 11.0. The standard InChI is InChI=1S/C6H9ClN2O/c7-9-3-1-2-6(9)4-8-5(6)10/h1-4H2,(H,8,10). The third-order valence-electron chi connectivity index (χ3n) is 2.37. The fourth-order valence-corrected chi connectivity index (χ4v) is 1.95. The SMILES string of the molecule is O=C1NCC12CCCN2Cl. The van der Waals surface area contributed by atoms with Crippen LogP contribution in [0.4, 0.5) is 0 Å². The lowest BCUT2D eigenvalue weighted by molar-refractivity contribution is -0.137. The maximum atomic E-state index is 11.0. The molecular weight excluding hydrogens is 152 g/mol. The van der Waals surface area contributed by atoms with Crippen LogP contribution in [-0.2, 0) is 4.79 Å². The second kappa shape index (κ2) is 1.86. The monoisotopic (exact) mass is 160 g/mol. The predicted molar refractivity (Wildman–Crippen MR) is 37.5 cm³/mol. The molecule has 0 aromatic heterocycles. The quantitative estimate of drug-likeness (QED) is 0.403. The Morgan fingerprint density at radius 3 is 2.70 bits per heavy atom. The van der Waals surface area contributed by atoms with Crippen LogP contribution in [0.3, 0.4) is 0 Å². The first-order valence-electron chi connectivity index (χ1n) is 3.47. The zero-order chi connectivity index (χ0) is 7.19. The van der Waals surface area contributed by atoms with Crippen molar-refractivity contribution in [1.82, 2.24) is 9.74 Å². The van der Waals surface area contributed by atoms with Crippen LogP contribution >= 0.6 is 11.8 Å². The number of halogens is 1. The van der Waals surface area contributed by atoms with Crippen LogP contribution in [-0.4, -0.2) is 29.0 Å². The van der Waals surface area contributed by atoms with E-state index in [4.69, 9.17) is 11.8 Å². The lowest BCUT2D eigenvalue weighted by Crippen LogP contribution is -2.68. The molecule has 3 nitrogen and oxygen atoms in total. The molecular formula is C6H9ClN2O. The first kappa shape index (κ1) is 6.43. The van der Waals surface area contributed by atoms with Gasteiger partial charge in [0, 0.05) is 13.1 Å². The van der Waals surface area contributed by atoms with Gasteiger partial charge in [0.2, 0.25) is 5.91 Å². The summed E-state index contributed by atoms with van der Waals surface area (Å²) in [5, 5.41) is 2.71. The molecule has 56 valence electrons. The number of nitrogens with zero attached hydrogens (tertiary/aromatic N) is 1. The molecule has 1 amide bonds. The highest BCUT2D eigenvalue weighted by Gasteiger charge is 2.53. The number of nitrogens with one attached hydrogen (secondary N) is 1. The Bertz CT molecular complexity index is 185. The minimum Gasteiger partial charge on any atom is -0.352 e. The van der Waals surface area contributed by atoms with Gasteiger partial charge in [0.15, 0.2) is 0 Å². The lowest BCUT2D eigenvalue weighted by Gasteiger charge is -2.40. The summed E-state index contributed by atoms with van der Waals surface area (Å²) >= 11 is 5.84. The topological polar surface area (TPSA) is 32.3 Å². The number of carbonyl (C=O) groups is 1. The molecule has 0 aromatic carbocycles. The van der Waals surface area contributed by atoms with E-state index >= 15 is 0 Å². The van der Waals surface area contributed by atoms with E-state index < -0.39 is 0 Å². The van der Waals surface area contributed by atoms with Crippen molar-refractivity contribution in [2.45, 2.75) is 18.4 Å². The van der Waals surface area contributed by atoms with E-state index in [0.717, 1.165) is 25.9 Å². The van der Waals surface area contributed by atoms with E-state index in [1.54, 1.807) is 4.42 Å². The maximum absolute atomic E-state index is 11.0. The third-order valence-corrected chi connectivity index (χ3v) is 2.87. The summed E-state index contributed by atoms with van der Waals surface area (Å²) in [5.74, 6) is 0.0972. The fourth-order valence-electron chi connectivity index (χ4n) is 1.61. The maximum Gasteiger partial charge on any atom is 0.243 e. The summed E-state index contributed by atoms with van der Waals surface area (Å²) in [6, 6.07) is 0. The van der Waals surface area contributed by atoms with E-state index in [1.165, 1.54) is 0 Å². The van der Waals surface area contributed by atoms with Crippen LogP contribution in [0.2, 0.25) is 0 Å². The molecule has 0 radical (unpaired) electrons. The van der Waals surface area contributed by atoms with Crippen LogP contribution < -0.4 is 5.32 Å². The van der Waals surface area contributed by atoms with Gasteiger partial charge in [-0.05, 0) is 24.6 Å². The average Bonchev–Trinajstić information content (AvgIpc) is 2.30. The molecule has 2 fully saturated rings. The largest absolute Gasteiger partial charge is 0.352 e. The lowest BCUT2D eigenvalue weighted by atomic mass is 9.90. The molecule has 1 unspecified atom stereocenters. The van der Waals surface area contributed by atoms with Crippen molar-refractivity contribution >= 4 is 17.7 Å². The molecule has 2 aliphatic heterocycles. The fraction of sp³-hybridized carbons (Fsp3) is 0.833. The zero-order valence-corrected chi connectivity index (χ0v) is 6.32. The first-order valence-corrected chi connectivity index (χ1v) is 3.81. The number of β-lactam (4-membered cyclic amide) rings is 1. The van der Waals surface area contributed by atoms with Crippen LogP contribution in [0.5, 0.6) is 0 Å². The molecule has 10 heavy (non-hydrogen) atoms. The summed E-state index contributed by atoms with van der Waals surface area (Å²) in [6.45, 7) is 1.57. The number of amides is 1. The molecule has 2 saturated heterocycles. The van der Waals surface area contributed by atoms with Gasteiger partial charge in [0.25, 0.3) is 0 Å². The molecule has 0 saturated carbocycles. The molecule has 0 bridgehead atoms. The number of hydrogen-bond donors (Lipinski definition) is 1. The van der Waals surface area contributed by atoms with Crippen molar-refractivity contribution < 1.29 is 4.79 Å². The number of carbonyl (C=O) groups excluding carboxylic acids is 1. The molecule has 4 heteroatoms. The van der Waals surface area contributed by atoms with Crippen molar-refractivity contribution in [1.29, 1.82) is 0 Å². The number of hydrogen-bond acceptors (Lipinski definition) is 2. The summed E-state index contributed by atoms with van der Waals surface area (Å²) < 4.78 is 1.64. The van der Waals surface area contributed by atoms with Crippen LogP contribution in [0.25, 0.3) is 0 Å². The Labute approximate surface area is 64.4 Å². The Morgan fingerprint density at radius 1 is 1.70 bits per heavy atom. The summed E-state index contributed by atoms with van der Waals surface area (Å²) in [7, 11) is 0. The van der Waals surface area contributed by atoms with E-state index in [1.807, 2.05) is 0 Å². The van der Waals surface area contributed by atoms with Gasteiger partial charge in [0.05, 0.1) is 0 Å². The number of rotatable bonds is 0. The minimum absolute atomic E-state index is 0.0972. The van der Waals surface area contributed by atoms with E-state index in [2.05, 4.69) is 5.32 Å². The zero-order valence-electron chi connectivity index (χ0n) is 5.56. The average molecular weight is 161 g/mol. The molecule has 1 N–H and O–H groups in total. The predicted octanol–water partition coefficient (Wildman–Crippen LogP) is 0.105. The third kappa shape index (κ3) is 0.571. The van der Waals surface area contributed by atoms with Gasteiger partial charge in [-0.1, -0.05) is 0 Å². The van der Waals surface area contributed by atoms with Gasteiger partial charge in [-0.25, -0.2) is 4.42 Å². The Hall–Kier alpha value is -0.280. The van der Waals surface area contributed by atoms with Gasteiger partial charge in [-0.3, -0.25) is 4.79 Å². The molecule has 2 heterocycles. The van der Waals surface area contributed by atoms with Crippen molar-refractivity contribution in [2.75, 3.05) is 13.1 Å². The highest BCUT2D eigenvalue weighted by Crippen LogP contribution is 2.34. The normalized spacial score (nSPS) is 39.9. The minimum atomic E-state index is -0.318. The second-order valence-electron chi connectivity index (χ2n) is 2.90. The molecule has 1 atom stereocenters. The smallest absolute Gasteiger partial charge is 0.243 e. The van der Waals surface area contributed by atoms with Crippen molar-refractivity contribution in [3.63, 3.8) is 0 Å². The highest BCUT2D eigenvalue weighted by molar-refractivity contribution is 6.16. The Kier molecular flexibility index (Phi) is 1.20. The Morgan fingerprint density at radius 2 is 2.50 bits per heavy atom. The Balaban J connectivity index is 2.21. The van der Waals surface area contributed by atoms with Gasteiger partial charge >= 0.3 is 0 Å². The van der Waals surface area contributed by atoms with E-state index in [-0.39, 0.29) is 11.4 Å². The van der Waals surface area contributed by atoms with E-state index in [0.29, 0.717) is 0 Å². The van der Waals surface area contributed by atoms with Gasteiger partial charge < -0.3 is 5.32 Å². The molecule has 0 aromatic rings. The summed E-state index contributed by atoms with van der Waals surface area (Å²) in [5.41, 5.74) is -0.318. The van der Waals surface area contributed by atoms with Gasteiger partial charge in [-0.2, -0.15) is 0 Å². The second-order valence-corrected chi connectivity index (χ2v) is 3.31. The van der Waals surface area contributed by atoms with Crippen molar-refractivity contribution in [3.05, 3.63) is 0 Å². The van der Waals surface area contributed by atoms with Gasteiger partial charge in [-0.15, -0.1) is 0 Å². The van der Waals surface area contributed by atoms with Gasteiger partial charge in [0.1, 0.15) is 5.54 Å². The molecule has 0 aliphatic carbocycles. The molecule has 1 spiro atoms. The summed E-state index contributed by atoms with van der Waals surface area (Å²) in [6.07, 6.45) is 1.96. The first-order chi connectivity index (χ1) is 4.76. The molecule has 2 aliphatic rings. The van der Waals surface area contributed by atoms with Crippen LogP contribution in [0, 0.1) is 0 Å². The highest BCUT2D eigenvalue weighted by atomic mass is 35.5. The van der Waals surface area contributed by atoms with Crippen molar-refractivity contribution in [3.8, 4) is 0 Å².